The monoisotopic (exact) mass is 831 g/mol. The van der Waals surface area contributed by atoms with Gasteiger partial charge in [-0.05, 0) is 105 Å². The summed E-state index contributed by atoms with van der Waals surface area (Å²) >= 11 is 0. The Labute approximate surface area is 363 Å². The Morgan fingerprint density at radius 3 is 1.54 bits per heavy atom. The number of fused-ring (bicyclic) bond motifs is 6. The number of nitrogens with one attached hydrogen (secondary N) is 4. The maximum Gasteiger partial charge on any atom is 0.251 e. The molecule has 4 aromatic carbocycles. The number of aromatic nitrogens is 7. The molecule has 3 saturated carbocycles. The highest BCUT2D eigenvalue weighted by Crippen LogP contribution is 2.33. The van der Waals surface area contributed by atoms with Crippen molar-refractivity contribution >= 4 is 56.8 Å². The Kier molecular flexibility index (Phi) is 9.91. The number of benzene rings is 4. The van der Waals surface area contributed by atoms with Gasteiger partial charge >= 0.3 is 0 Å². The van der Waals surface area contributed by atoms with Crippen LogP contribution in [0.5, 0.6) is 0 Å². The molecule has 0 bridgehead atoms. The standard InChI is InChI=1S/C26H22N6O.C24H23N5O/c33-26(30-20-11-12-20)19-9-7-18(8-10-19)23-16-29-25-24(28-15-17-4-3-13-27-14-17)31-21-5-1-2-6-22(21)32(23)25;30-24(27-18-11-12-18)17-9-7-16(8-10-17)21-14-26-23-22(25-13-15-5-6-15)28-19-3-1-2-4-20(19)29(21)23/h1-10,13-14,16,20H,11-12,15H2,(H,28,31)(H,30,33);1-4,7-10,14-15,18H,5-6,11-13H2,(H,25,28)(H,27,30). The fraction of sp³-hybridized carbons (Fsp3) is 0.220. The smallest absolute Gasteiger partial charge is 0.251 e. The molecule has 13 nitrogen and oxygen atoms in total. The van der Waals surface area contributed by atoms with Crippen molar-refractivity contribution in [1.29, 1.82) is 0 Å². The van der Waals surface area contributed by atoms with Crippen LogP contribution in [0.15, 0.2) is 134 Å². The molecule has 3 aliphatic rings. The van der Waals surface area contributed by atoms with Crippen molar-refractivity contribution in [2.75, 3.05) is 17.2 Å². The van der Waals surface area contributed by atoms with Gasteiger partial charge in [0, 0.05) is 59.8 Å². The molecule has 0 spiro atoms. The van der Waals surface area contributed by atoms with Gasteiger partial charge < -0.3 is 21.3 Å². The van der Waals surface area contributed by atoms with Crippen molar-refractivity contribution in [2.45, 2.75) is 57.2 Å². The minimum atomic E-state index is -0.0151. The highest BCUT2D eigenvalue weighted by atomic mass is 16.2. The quantitative estimate of drug-likeness (QED) is 0.0946. The number of rotatable bonds is 12. The molecule has 2 amide bonds. The molecule has 4 N–H and O–H groups in total. The number of imidazole rings is 2. The molecule has 0 aliphatic heterocycles. The van der Waals surface area contributed by atoms with Gasteiger partial charge in [0.1, 0.15) is 0 Å². The topological polar surface area (TPSA) is 156 Å². The molecule has 5 heterocycles. The predicted molar refractivity (Wildman–Crippen MR) is 246 cm³/mol. The zero-order valence-electron chi connectivity index (χ0n) is 34.5. The largest absolute Gasteiger partial charge is 0.367 e. The maximum atomic E-state index is 12.4. The van der Waals surface area contributed by atoms with Gasteiger partial charge in [-0.2, -0.15) is 0 Å². The van der Waals surface area contributed by atoms with Crippen LogP contribution in [0.2, 0.25) is 0 Å². The summed E-state index contributed by atoms with van der Waals surface area (Å²) in [5, 5.41) is 13.0. The third-order valence-corrected chi connectivity index (χ3v) is 11.8. The second-order valence-corrected chi connectivity index (χ2v) is 16.7. The molecule has 13 heteroatoms. The van der Waals surface area contributed by atoms with E-state index >= 15 is 0 Å². The molecule has 0 radical (unpaired) electrons. The summed E-state index contributed by atoms with van der Waals surface area (Å²) < 4.78 is 4.28. The Morgan fingerprint density at radius 2 is 1.06 bits per heavy atom. The van der Waals surface area contributed by atoms with Crippen LogP contribution in [0.25, 0.3) is 55.9 Å². The minimum Gasteiger partial charge on any atom is -0.367 e. The van der Waals surface area contributed by atoms with Crippen LogP contribution in [0.1, 0.15) is 64.8 Å². The number of hydrogen-bond donors (Lipinski definition) is 4. The van der Waals surface area contributed by atoms with Crippen molar-refractivity contribution in [2.24, 2.45) is 5.92 Å². The predicted octanol–water partition coefficient (Wildman–Crippen LogP) is 8.71. The molecule has 12 rings (SSSR count). The molecule has 9 aromatic rings. The summed E-state index contributed by atoms with van der Waals surface area (Å²) in [6.07, 6.45) is 14.2. The number of amides is 2. The van der Waals surface area contributed by atoms with Crippen LogP contribution in [0.3, 0.4) is 0 Å². The molecule has 312 valence electrons. The van der Waals surface area contributed by atoms with E-state index in [4.69, 9.17) is 19.9 Å². The van der Waals surface area contributed by atoms with Crippen LogP contribution < -0.4 is 21.3 Å². The molecule has 0 saturated heterocycles. The Morgan fingerprint density at radius 1 is 0.556 bits per heavy atom. The lowest BCUT2D eigenvalue weighted by Gasteiger charge is -2.12. The molecule has 5 aromatic heterocycles. The second kappa shape index (κ2) is 16.3. The Balaban J connectivity index is 0.000000142. The van der Waals surface area contributed by atoms with Crippen molar-refractivity contribution in [3.8, 4) is 22.5 Å². The molecule has 63 heavy (non-hydrogen) atoms. The van der Waals surface area contributed by atoms with Gasteiger partial charge in [-0.3, -0.25) is 23.4 Å². The number of hydrogen-bond acceptors (Lipinski definition) is 9. The van der Waals surface area contributed by atoms with Crippen LogP contribution in [0.4, 0.5) is 11.6 Å². The number of para-hydroxylation sites is 4. The van der Waals surface area contributed by atoms with E-state index in [1.807, 2.05) is 122 Å². The van der Waals surface area contributed by atoms with Crippen molar-refractivity contribution < 1.29 is 9.59 Å². The first-order valence-electron chi connectivity index (χ1n) is 21.7. The Hall–Kier alpha value is -7.67. The number of carbonyl (C=O) groups excluding carboxylic acids is 2. The third-order valence-electron chi connectivity index (χ3n) is 11.8. The van der Waals surface area contributed by atoms with E-state index in [2.05, 4.69) is 41.1 Å². The van der Waals surface area contributed by atoms with Gasteiger partial charge in [0.05, 0.1) is 45.8 Å². The molecule has 0 unspecified atom stereocenters. The SMILES string of the molecule is O=C(NC1CC1)c1ccc(-c2cnc3c(NCC4CC4)nc4ccccc4n23)cc1.O=C(NC1CC1)c1ccc(-c2cnc3c(NCc4cccnc4)nc4ccccc4n23)cc1. The van der Waals surface area contributed by atoms with E-state index in [-0.39, 0.29) is 11.8 Å². The lowest BCUT2D eigenvalue weighted by atomic mass is 10.1. The summed E-state index contributed by atoms with van der Waals surface area (Å²) in [6.45, 7) is 1.54. The lowest BCUT2D eigenvalue weighted by molar-refractivity contribution is 0.0942. The zero-order chi connectivity index (χ0) is 42.3. The number of pyridine rings is 1. The van der Waals surface area contributed by atoms with E-state index < -0.39 is 0 Å². The summed E-state index contributed by atoms with van der Waals surface area (Å²) in [7, 11) is 0. The summed E-state index contributed by atoms with van der Waals surface area (Å²) in [6, 6.07) is 36.3. The van der Waals surface area contributed by atoms with Gasteiger partial charge in [-0.25, -0.2) is 19.9 Å². The zero-order valence-corrected chi connectivity index (χ0v) is 34.5. The summed E-state index contributed by atoms with van der Waals surface area (Å²) in [5.41, 5.74) is 11.8. The molecule has 3 aliphatic carbocycles. The fourth-order valence-electron chi connectivity index (χ4n) is 7.84. The first-order valence-corrected chi connectivity index (χ1v) is 21.7. The number of anilines is 2. The highest BCUT2D eigenvalue weighted by molar-refractivity contribution is 5.96. The molecule has 3 fully saturated rings. The van der Waals surface area contributed by atoms with Crippen LogP contribution in [-0.4, -0.2) is 64.2 Å². The summed E-state index contributed by atoms with van der Waals surface area (Å²) in [4.78, 5) is 47.9. The summed E-state index contributed by atoms with van der Waals surface area (Å²) in [5.74, 6) is 2.28. The molecular formula is C50H45N11O2. The van der Waals surface area contributed by atoms with Gasteiger partial charge in [-0.1, -0.05) is 54.6 Å². The number of nitrogens with zero attached hydrogens (tertiary/aromatic N) is 7. The van der Waals surface area contributed by atoms with Crippen molar-refractivity contribution in [1.82, 2.24) is 44.4 Å². The van der Waals surface area contributed by atoms with Gasteiger partial charge in [0.2, 0.25) is 0 Å². The van der Waals surface area contributed by atoms with Crippen LogP contribution in [-0.2, 0) is 6.54 Å². The maximum absolute atomic E-state index is 12.4. The van der Waals surface area contributed by atoms with E-state index in [9.17, 15) is 9.59 Å². The molecular weight excluding hydrogens is 787 g/mol. The van der Waals surface area contributed by atoms with E-state index in [0.29, 0.717) is 35.6 Å². The Bertz CT molecular complexity index is 3130. The van der Waals surface area contributed by atoms with Crippen molar-refractivity contribution in [3.63, 3.8) is 0 Å². The van der Waals surface area contributed by atoms with E-state index in [1.54, 1.807) is 6.20 Å². The average Bonchev–Trinajstić information content (AvgIpc) is 4.29. The first-order chi connectivity index (χ1) is 31.0. The van der Waals surface area contributed by atoms with Gasteiger partial charge in [0.15, 0.2) is 22.9 Å². The normalized spacial score (nSPS) is 14.7. The average molecular weight is 832 g/mol. The minimum absolute atomic E-state index is 0.00315. The van der Waals surface area contributed by atoms with Gasteiger partial charge in [-0.15, -0.1) is 0 Å². The first kappa shape index (κ1) is 38.3. The van der Waals surface area contributed by atoms with Gasteiger partial charge in [0.25, 0.3) is 11.8 Å². The van der Waals surface area contributed by atoms with Crippen molar-refractivity contribution in [3.05, 3.63) is 151 Å². The van der Waals surface area contributed by atoms with E-state index in [1.165, 1.54) is 12.8 Å². The fourth-order valence-corrected chi connectivity index (χ4v) is 7.84. The second-order valence-electron chi connectivity index (χ2n) is 16.7. The lowest BCUT2D eigenvalue weighted by Crippen LogP contribution is -2.25. The third kappa shape index (κ3) is 8.12. The van der Waals surface area contributed by atoms with Crippen LogP contribution >= 0.6 is 0 Å². The molecule has 0 atom stereocenters. The van der Waals surface area contributed by atoms with Crippen LogP contribution in [0, 0.1) is 5.92 Å². The highest BCUT2D eigenvalue weighted by Gasteiger charge is 2.26. The van der Waals surface area contributed by atoms with E-state index in [0.717, 1.165) is 105 Å². The number of carbonyl (C=O) groups is 2.